The summed E-state index contributed by atoms with van der Waals surface area (Å²) in [5, 5.41) is 11.1. The van der Waals surface area contributed by atoms with E-state index in [-0.39, 0.29) is 5.56 Å². The van der Waals surface area contributed by atoms with Crippen molar-refractivity contribution in [1.82, 2.24) is 29.5 Å². The van der Waals surface area contributed by atoms with Crippen molar-refractivity contribution >= 4 is 45.0 Å². The number of H-pyrrole nitrogens is 1. The summed E-state index contributed by atoms with van der Waals surface area (Å²) in [7, 11) is 5.11. The molecule has 0 aliphatic heterocycles. The van der Waals surface area contributed by atoms with Crippen LogP contribution in [0.2, 0.25) is 0 Å². The molecular formula is C18H18IN7O2. The number of rotatable bonds is 4. The van der Waals surface area contributed by atoms with Crippen LogP contribution < -0.4 is 15.6 Å². The quantitative estimate of drug-likeness (QED) is 0.336. The number of halogens is 1. The molecule has 0 saturated carbocycles. The maximum Gasteiger partial charge on any atom is 0.277 e. The summed E-state index contributed by atoms with van der Waals surface area (Å²) in [6.07, 6.45) is 0. The van der Waals surface area contributed by atoms with Gasteiger partial charge in [0.25, 0.3) is 5.56 Å². The lowest BCUT2D eigenvalue weighted by molar-refractivity contribution is 0.418. The van der Waals surface area contributed by atoms with E-state index in [1.165, 1.54) is 4.68 Å². The van der Waals surface area contributed by atoms with E-state index in [4.69, 9.17) is 4.74 Å². The molecule has 0 bridgehead atoms. The van der Waals surface area contributed by atoms with E-state index in [0.29, 0.717) is 39.8 Å². The van der Waals surface area contributed by atoms with Gasteiger partial charge in [0, 0.05) is 14.1 Å². The van der Waals surface area contributed by atoms with Crippen LogP contribution in [0.1, 0.15) is 5.82 Å². The van der Waals surface area contributed by atoms with Crippen LogP contribution in [-0.2, 0) is 14.1 Å². The molecule has 0 aliphatic carbocycles. The number of para-hydroxylation sites is 1. The van der Waals surface area contributed by atoms with Gasteiger partial charge in [0.2, 0.25) is 0 Å². The van der Waals surface area contributed by atoms with E-state index in [0.717, 1.165) is 9.26 Å². The van der Waals surface area contributed by atoms with Gasteiger partial charge in [-0.15, -0.1) is 0 Å². The molecule has 1 aromatic carbocycles. The predicted molar refractivity (Wildman–Crippen MR) is 115 cm³/mol. The van der Waals surface area contributed by atoms with E-state index in [1.54, 1.807) is 18.8 Å². The SMILES string of the molecule is COc1c(Nc2cc(I)nc3[nH]n(C)c(=O)c23)cccc1-c1nc(C)nn1C. The van der Waals surface area contributed by atoms with Gasteiger partial charge in [-0.25, -0.2) is 14.6 Å². The Morgan fingerprint density at radius 2 is 2.00 bits per heavy atom. The van der Waals surface area contributed by atoms with Crippen LogP contribution in [0.5, 0.6) is 5.75 Å². The molecule has 10 heteroatoms. The molecule has 28 heavy (non-hydrogen) atoms. The van der Waals surface area contributed by atoms with E-state index < -0.39 is 0 Å². The second-order valence-corrected chi connectivity index (χ2v) is 7.41. The number of hydrogen-bond donors (Lipinski definition) is 2. The summed E-state index contributed by atoms with van der Waals surface area (Å²) in [5.74, 6) is 1.99. The molecule has 0 aliphatic rings. The molecule has 0 fully saturated rings. The van der Waals surface area contributed by atoms with Gasteiger partial charge in [0.1, 0.15) is 14.9 Å². The summed E-state index contributed by atoms with van der Waals surface area (Å²) < 4.78 is 9.58. The lowest BCUT2D eigenvalue weighted by Crippen LogP contribution is -2.12. The number of nitrogens with zero attached hydrogens (tertiary/aromatic N) is 5. The molecular weight excluding hydrogens is 473 g/mol. The van der Waals surface area contributed by atoms with Crippen molar-refractivity contribution in [3.8, 4) is 17.1 Å². The highest BCUT2D eigenvalue weighted by molar-refractivity contribution is 14.1. The number of fused-ring (bicyclic) bond motifs is 1. The zero-order valence-electron chi connectivity index (χ0n) is 15.7. The Bertz CT molecular complexity index is 1260. The summed E-state index contributed by atoms with van der Waals surface area (Å²) in [6, 6.07) is 7.55. The summed E-state index contributed by atoms with van der Waals surface area (Å²) in [4.78, 5) is 21.4. The molecule has 4 aromatic rings. The third-order valence-corrected chi connectivity index (χ3v) is 4.93. The van der Waals surface area contributed by atoms with Crippen molar-refractivity contribution in [2.45, 2.75) is 6.92 Å². The van der Waals surface area contributed by atoms with Crippen LogP contribution >= 0.6 is 22.6 Å². The summed E-state index contributed by atoms with van der Waals surface area (Å²) in [6.45, 7) is 1.84. The molecule has 2 N–H and O–H groups in total. The van der Waals surface area contributed by atoms with E-state index in [1.807, 2.05) is 38.2 Å². The Kier molecular flexibility index (Phi) is 4.57. The van der Waals surface area contributed by atoms with Crippen LogP contribution in [0.25, 0.3) is 22.4 Å². The van der Waals surface area contributed by atoms with Crippen molar-refractivity contribution in [1.29, 1.82) is 0 Å². The Hall–Kier alpha value is -2.89. The zero-order chi connectivity index (χ0) is 20.0. The normalized spacial score (nSPS) is 11.2. The molecule has 0 spiro atoms. The minimum Gasteiger partial charge on any atom is -0.494 e. The van der Waals surface area contributed by atoms with E-state index >= 15 is 0 Å². The standard InChI is InChI=1S/C18H18IN7O2/c1-9-20-17(25(2)23-9)10-6-5-7-11(15(10)28-4)21-12-8-13(19)22-16-14(12)18(27)26(3)24-16/h5-8H,1-4H3,(H2,21,22,24). The third-order valence-electron chi connectivity index (χ3n) is 4.38. The molecule has 0 unspecified atom stereocenters. The number of anilines is 2. The van der Waals surface area contributed by atoms with E-state index in [2.05, 4.69) is 48.1 Å². The number of methoxy groups -OCH3 is 1. The third kappa shape index (κ3) is 3.03. The van der Waals surface area contributed by atoms with Gasteiger partial charge in [0.15, 0.2) is 17.2 Å². The van der Waals surface area contributed by atoms with Gasteiger partial charge in [-0.1, -0.05) is 6.07 Å². The average molecular weight is 491 g/mol. The number of hydrogen-bond acceptors (Lipinski definition) is 6. The maximum absolute atomic E-state index is 12.5. The smallest absolute Gasteiger partial charge is 0.277 e. The van der Waals surface area contributed by atoms with Crippen molar-refractivity contribution in [2.24, 2.45) is 14.1 Å². The number of aryl methyl sites for hydroxylation is 3. The number of benzene rings is 1. The first-order valence-electron chi connectivity index (χ1n) is 8.46. The Labute approximate surface area is 173 Å². The lowest BCUT2D eigenvalue weighted by Gasteiger charge is -2.15. The van der Waals surface area contributed by atoms with Gasteiger partial charge >= 0.3 is 0 Å². The van der Waals surface area contributed by atoms with Crippen molar-refractivity contribution in [2.75, 3.05) is 12.4 Å². The zero-order valence-corrected chi connectivity index (χ0v) is 17.9. The molecule has 0 saturated heterocycles. The van der Waals surface area contributed by atoms with Crippen LogP contribution in [-0.4, -0.2) is 36.6 Å². The molecule has 4 rings (SSSR count). The molecule has 0 radical (unpaired) electrons. The minimum absolute atomic E-state index is 0.152. The molecule has 3 heterocycles. The number of aromatic nitrogens is 6. The Balaban J connectivity index is 1.88. The molecule has 0 amide bonds. The lowest BCUT2D eigenvalue weighted by atomic mass is 10.1. The first kappa shape index (κ1) is 18.5. The van der Waals surface area contributed by atoms with Gasteiger partial charge in [-0.2, -0.15) is 5.10 Å². The first-order chi connectivity index (χ1) is 13.4. The highest BCUT2D eigenvalue weighted by atomic mass is 127. The van der Waals surface area contributed by atoms with Gasteiger partial charge in [0.05, 0.1) is 24.0 Å². The summed E-state index contributed by atoms with van der Waals surface area (Å²) in [5.41, 5.74) is 2.55. The van der Waals surface area contributed by atoms with Gasteiger partial charge in [-0.05, 0) is 47.7 Å². The molecule has 9 nitrogen and oxygen atoms in total. The minimum atomic E-state index is -0.152. The van der Waals surface area contributed by atoms with Gasteiger partial charge in [-0.3, -0.25) is 14.6 Å². The molecule has 3 aromatic heterocycles. The Morgan fingerprint density at radius 1 is 1.21 bits per heavy atom. The first-order valence-corrected chi connectivity index (χ1v) is 9.54. The maximum atomic E-state index is 12.5. The second kappa shape index (κ2) is 6.93. The Morgan fingerprint density at radius 3 is 2.68 bits per heavy atom. The number of nitrogens with one attached hydrogen (secondary N) is 2. The van der Waals surface area contributed by atoms with Crippen molar-refractivity contribution < 1.29 is 4.74 Å². The molecule has 144 valence electrons. The fourth-order valence-electron chi connectivity index (χ4n) is 3.21. The monoisotopic (exact) mass is 491 g/mol. The molecule has 0 atom stereocenters. The van der Waals surface area contributed by atoms with Gasteiger partial charge < -0.3 is 10.1 Å². The number of pyridine rings is 1. The van der Waals surface area contributed by atoms with E-state index in [9.17, 15) is 4.79 Å². The number of ether oxygens (including phenoxy) is 1. The average Bonchev–Trinajstić information content (AvgIpc) is 3.12. The fourth-order valence-corrected chi connectivity index (χ4v) is 3.76. The van der Waals surface area contributed by atoms with Crippen molar-refractivity contribution in [3.05, 3.63) is 44.1 Å². The predicted octanol–water partition coefficient (Wildman–Crippen LogP) is 2.72. The number of aromatic amines is 1. The highest BCUT2D eigenvalue weighted by Crippen LogP contribution is 2.37. The highest BCUT2D eigenvalue weighted by Gasteiger charge is 2.18. The van der Waals surface area contributed by atoms with Crippen molar-refractivity contribution in [3.63, 3.8) is 0 Å². The summed E-state index contributed by atoms with van der Waals surface area (Å²) >= 11 is 2.12. The fraction of sp³-hybridized carbons (Fsp3) is 0.222. The topological polar surface area (TPSA) is 103 Å². The second-order valence-electron chi connectivity index (χ2n) is 6.31. The van der Waals surface area contributed by atoms with Crippen LogP contribution in [0.3, 0.4) is 0 Å². The largest absolute Gasteiger partial charge is 0.494 e. The van der Waals surface area contributed by atoms with Crippen LogP contribution in [0, 0.1) is 10.6 Å². The van der Waals surface area contributed by atoms with Crippen LogP contribution in [0.15, 0.2) is 29.1 Å². The van der Waals surface area contributed by atoms with Crippen LogP contribution in [0.4, 0.5) is 11.4 Å².